The molecule has 3 atom stereocenters. The Morgan fingerprint density at radius 1 is 1.27 bits per heavy atom. The summed E-state index contributed by atoms with van der Waals surface area (Å²) in [6, 6.07) is 8.83. The zero-order valence-corrected chi connectivity index (χ0v) is 18.2. The van der Waals surface area contributed by atoms with Crippen LogP contribution in [0.2, 0.25) is 0 Å². The van der Waals surface area contributed by atoms with Gasteiger partial charge in [-0.3, -0.25) is 4.79 Å². The van der Waals surface area contributed by atoms with Crippen molar-refractivity contribution in [2.75, 3.05) is 13.2 Å². The van der Waals surface area contributed by atoms with Crippen molar-refractivity contribution in [3.63, 3.8) is 0 Å². The fourth-order valence-electron chi connectivity index (χ4n) is 4.03. The van der Waals surface area contributed by atoms with Crippen molar-refractivity contribution in [2.45, 2.75) is 59.1 Å². The van der Waals surface area contributed by atoms with Crippen LogP contribution in [0.4, 0.5) is 0 Å². The molecular formula is C23H31N3O4. The first-order chi connectivity index (χ1) is 14.5. The van der Waals surface area contributed by atoms with Crippen molar-refractivity contribution in [2.24, 2.45) is 5.92 Å². The highest BCUT2D eigenvalue weighted by molar-refractivity contribution is 5.87. The molecule has 1 aromatic carbocycles. The molecule has 1 N–H and O–H groups in total. The third-order valence-electron chi connectivity index (χ3n) is 5.64. The lowest BCUT2D eigenvalue weighted by molar-refractivity contribution is -0.148. The minimum atomic E-state index is -0.891. The summed E-state index contributed by atoms with van der Waals surface area (Å²) in [5.41, 5.74) is 3.07. The summed E-state index contributed by atoms with van der Waals surface area (Å²) in [4.78, 5) is 25.9. The molecule has 1 aromatic heterocycles. The van der Waals surface area contributed by atoms with E-state index in [9.17, 15) is 9.59 Å². The number of carbonyl (C=O) groups is 2. The Bertz CT molecular complexity index is 878. The summed E-state index contributed by atoms with van der Waals surface area (Å²) in [6.07, 6.45) is 2.27. The Morgan fingerprint density at radius 3 is 2.67 bits per heavy atom. The van der Waals surface area contributed by atoms with Crippen molar-refractivity contribution in [3.05, 3.63) is 47.3 Å². The fourth-order valence-corrected chi connectivity index (χ4v) is 4.03. The van der Waals surface area contributed by atoms with Crippen LogP contribution in [0.5, 0.6) is 0 Å². The van der Waals surface area contributed by atoms with Gasteiger partial charge in [0.1, 0.15) is 0 Å². The number of nitrogens with one attached hydrogen (secondary N) is 1. The van der Waals surface area contributed by atoms with Crippen molar-refractivity contribution in [3.8, 4) is 5.69 Å². The van der Waals surface area contributed by atoms with E-state index in [2.05, 4.69) is 17.3 Å². The van der Waals surface area contributed by atoms with E-state index in [1.807, 2.05) is 44.2 Å². The first-order valence-corrected chi connectivity index (χ1v) is 10.7. The number of carbonyl (C=O) groups excluding carboxylic acids is 2. The van der Waals surface area contributed by atoms with Gasteiger partial charge in [-0.1, -0.05) is 25.1 Å². The summed E-state index contributed by atoms with van der Waals surface area (Å²) in [5.74, 6) is -0.782. The van der Waals surface area contributed by atoms with E-state index in [4.69, 9.17) is 9.47 Å². The van der Waals surface area contributed by atoms with Crippen LogP contribution in [0.25, 0.3) is 5.69 Å². The molecule has 2 aromatic rings. The van der Waals surface area contributed by atoms with Gasteiger partial charge in [0.25, 0.3) is 0 Å². The average molecular weight is 414 g/mol. The van der Waals surface area contributed by atoms with Crippen LogP contribution in [0, 0.1) is 19.8 Å². The van der Waals surface area contributed by atoms with Crippen LogP contribution >= 0.6 is 0 Å². The summed E-state index contributed by atoms with van der Waals surface area (Å²) >= 11 is 0. The van der Waals surface area contributed by atoms with E-state index in [0.717, 1.165) is 17.8 Å². The lowest BCUT2D eigenvalue weighted by Gasteiger charge is -2.29. The van der Waals surface area contributed by atoms with E-state index >= 15 is 0 Å². The third kappa shape index (κ3) is 4.73. The van der Waals surface area contributed by atoms with E-state index in [-0.39, 0.29) is 24.5 Å². The average Bonchev–Trinajstić information content (AvgIpc) is 3.06. The number of benzene rings is 1. The van der Waals surface area contributed by atoms with Gasteiger partial charge in [0.2, 0.25) is 5.91 Å². The molecule has 7 nitrogen and oxygen atoms in total. The zero-order valence-electron chi connectivity index (χ0n) is 18.2. The molecule has 0 aliphatic carbocycles. The molecule has 0 bridgehead atoms. The molecular weight excluding hydrogens is 382 g/mol. The number of aromatic nitrogens is 2. The zero-order chi connectivity index (χ0) is 21.7. The smallest absolute Gasteiger partial charge is 0.333 e. The maximum Gasteiger partial charge on any atom is 0.333 e. The van der Waals surface area contributed by atoms with Gasteiger partial charge in [-0.2, -0.15) is 5.10 Å². The molecule has 3 rings (SSSR count). The first kappa shape index (κ1) is 22.0. The minimum Gasteiger partial charge on any atom is -0.464 e. The Hall–Kier alpha value is -2.67. The van der Waals surface area contributed by atoms with Gasteiger partial charge in [-0.05, 0) is 52.2 Å². The molecule has 0 radical (unpaired) electrons. The number of esters is 1. The number of rotatable bonds is 7. The van der Waals surface area contributed by atoms with Gasteiger partial charge in [0.15, 0.2) is 6.04 Å². The number of hydrogen-bond donors (Lipinski definition) is 1. The van der Waals surface area contributed by atoms with Gasteiger partial charge in [0.05, 0.1) is 24.1 Å². The van der Waals surface area contributed by atoms with Gasteiger partial charge < -0.3 is 14.8 Å². The maximum absolute atomic E-state index is 13.0. The van der Waals surface area contributed by atoms with Gasteiger partial charge in [-0.25, -0.2) is 9.48 Å². The maximum atomic E-state index is 13.0. The quantitative estimate of drug-likeness (QED) is 0.704. The number of amides is 1. The number of nitrogens with zero attached hydrogens (tertiary/aromatic N) is 2. The normalized spacial score (nSPS) is 19.9. The SMILES string of the molecule is CCOC(=O)C(NC(=O)C1CCOC(CC)C1)c1c(C)nn(-c2ccccc2)c1C. The Kier molecular flexibility index (Phi) is 7.26. The molecule has 1 amide bonds. The van der Waals surface area contributed by atoms with Crippen molar-refractivity contribution < 1.29 is 19.1 Å². The summed E-state index contributed by atoms with van der Waals surface area (Å²) in [5, 5.41) is 7.58. The minimum absolute atomic E-state index is 0.0832. The van der Waals surface area contributed by atoms with Crippen LogP contribution in [0.15, 0.2) is 30.3 Å². The van der Waals surface area contributed by atoms with Crippen molar-refractivity contribution >= 4 is 11.9 Å². The Balaban J connectivity index is 1.90. The van der Waals surface area contributed by atoms with E-state index in [1.54, 1.807) is 11.6 Å². The van der Waals surface area contributed by atoms with Gasteiger partial charge in [-0.15, -0.1) is 0 Å². The highest BCUT2D eigenvalue weighted by Crippen LogP contribution is 2.28. The second-order valence-electron chi connectivity index (χ2n) is 7.65. The van der Waals surface area contributed by atoms with Crippen LogP contribution in [0.1, 0.15) is 56.1 Å². The van der Waals surface area contributed by atoms with E-state index in [0.29, 0.717) is 30.7 Å². The summed E-state index contributed by atoms with van der Waals surface area (Å²) < 4.78 is 12.8. The van der Waals surface area contributed by atoms with Crippen LogP contribution in [-0.4, -0.2) is 41.0 Å². The largest absolute Gasteiger partial charge is 0.464 e. The number of ether oxygens (including phenoxy) is 2. The predicted octanol–water partition coefficient (Wildman–Crippen LogP) is 3.41. The molecule has 2 heterocycles. The molecule has 0 spiro atoms. The predicted molar refractivity (Wildman–Crippen MR) is 113 cm³/mol. The Labute approximate surface area is 177 Å². The number of aryl methyl sites for hydroxylation is 1. The second kappa shape index (κ2) is 9.89. The summed E-state index contributed by atoms with van der Waals surface area (Å²) in [6.45, 7) is 8.37. The van der Waals surface area contributed by atoms with Crippen molar-refractivity contribution in [1.82, 2.24) is 15.1 Å². The lowest BCUT2D eigenvalue weighted by atomic mass is 9.92. The standard InChI is InChI=1S/C23H31N3O4/c1-5-19-14-17(12-13-30-19)22(27)24-21(23(28)29-6-2)20-15(3)25-26(16(20)4)18-10-8-7-9-11-18/h7-11,17,19,21H,5-6,12-14H2,1-4H3,(H,24,27). The fraction of sp³-hybridized carbons (Fsp3) is 0.522. The highest BCUT2D eigenvalue weighted by Gasteiger charge is 2.34. The van der Waals surface area contributed by atoms with E-state index < -0.39 is 12.0 Å². The van der Waals surface area contributed by atoms with Crippen LogP contribution in [0.3, 0.4) is 0 Å². The highest BCUT2D eigenvalue weighted by atomic mass is 16.5. The molecule has 1 aliphatic heterocycles. The molecule has 7 heteroatoms. The van der Waals surface area contributed by atoms with Gasteiger partial charge in [0, 0.05) is 23.8 Å². The number of para-hydroxylation sites is 1. The molecule has 162 valence electrons. The molecule has 30 heavy (non-hydrogen) atoms. The molecule has 1 saturated heterocycles. The number of hydrogen-bond acceptors (Lipinski definition) is 5. The third-order valence-corrected chi connectivity index (χ3v) is 5.64. The van der Waals surface area contributed by atoms with Gasteiger partial charge >= 0.3 is 5.97 Å². The first-order valence-electron chi connectivity index (χ1n) is 10.7. The summed E-state index contributed by atoms with van der Waals surface area (Å²) in [7, 11) is 0. The van der Waals surface area contributed by atoms with E-state index in [1.165, 1.54) is 0 Å². The second-order valence-corrected chi connectivity index (χ2v) is 7.65. The Morgan fingerprint density at radius 2 is 2.00 bits per heavy atom. The monoisotopic (exact) mass is 413 g/mol. The molecule has 1 fully saturated rings. The van der Waals surface area contributed by atoms with Crippen LogP contribution in [-0.2, 0) is 19.1 Å². The topological polar surface area (TPSA) is 82.4 Å². The molecule has 3 unspecified atom stereocenters. The molecule has 1 aliphatic rings. The molecule has 0 saturated carbocycles. The lowest BCUT2D eigenvalue weighted by Crippen LogP contribution is -2.42. The van der Waals surface area contributed by atoms with Crippen molar-refractivity contribution in [1.29, 1.82) is 0 Å². The van der Waals surface area contributed by atoms with Crippen LogP contribution < -0.4 is 5.32 Å².